The van der Waals surface area contributed by atoms with E-state index >= 15 is 4.39 Å². The molecule has 206 valence electrons. The number of amides is 1. The topological polar surface area (TPSA) is 87.0 Å². The first-order valence-corrected chi connectivity index (χ1v) is 14.0. The van der Waals surface area contributed by atoms with Gasteiger partial charge in [-0.1, -0.05) is 24.3 Å². The van der Waals surface area contributed by atoms with Crippen molar-refractivity contribution in [1.82, 2.24) is 14.8 Å². The Labute approximate surface area is 230 Å². The van der Waals surface area contributed by atoms with Gasteiger partial charge in [0.1, 0.15) is 23.0 Å². The van der Waals surface area contributed by atoms with Gasteiger partial charge in [0.15, 0.2) is 17.3 Å². The molecule has 4 heterocycles. The van der Waals surface area contributed by atoms with Gasteiger partial charge in [-0.3, -0.25) is 9.59 Å². The number of rotatable bonds is 5. The normalized spacial score (nSPS) is 20.2. The van der Waals surface area contributed by atoms with Crippen molar-refractivity contribution in [3.63, 3.8) is 0 Å². The number of carbonyl (C=O) groups is 1. The van der Waals surface area contributed by atoms with Gasteiger partial charge in [-0.15, -0.1) is 0 Å². The minimum Gasteiger partial charge on any atom is -0.451 e. The number of nitrogens with one attached hydrogen (secondary N) is 1. The number of aliphatic hydroxyl groups excluding tert-OH is 1. The van der Waals surface area contributed by atoms with E-state index in [1.54, 1.807) is 15.7 Å². The third-order valence-electron chi connectivity index (χ3n) is 8.66. The van der Waals surface area contributed by atoms with Gasteiger partial charge in [-0.25, -0.2) is 4.39 Å². The van der Waals surface area contributed by atoms with Crippen molar-refractivity contribution in [3.05, 3.63) is 70.3 Å². The molecule has 0 radical (unpaired) electrons. The summed E-state index contributed by atoms with van der Waals surface area (Å²) in [7, 11) is 2.09. The average Bonchev–Trinajstić information content (AvgIpc) is 3.56. The van der Waals surface area contributed by atoms with Gasteiger partial charge in [0.2, 0.25) is 5.43 Å². The number of carbonyl (C=O) groups excluding carboxylic acids is 1. The Morgan fingerprint density at radius 1 is 1.12 bits per heavy atom. The quantitative estimate of drug-likeness (QED) is 0.340. The van der Waals surface area contributed by atoms with Crippen molar-refractivity contribution in [2.24, 2.45) is 0 Å². The van der Waals surface area contributed by atoms with Crippen LogP contribution in [0.1, 0.15) is 42.5 Å². The zero-order valence-corrected chi connectivity index (χ0v) is 22.3. The summed E-state index contributed by atoms with van der Waals surface area (Å²) in [4.78, 5) is 30.9. The van der Waals surface area contributed by atoms with Crippen LogP contribution >= 0.6 is 0 Å². The van der Waals surface area contributed by atoms with Crippen LogP contribution in [0.4, 0.5) is 10.1 Å². The molecule has 2 unspecified atom stereocenters. The SMILES string of the molecule is CN1CCCC1CCNC(=O)c1cn2c3c(c(N4CCCC4O)c(F)cc3c1=O)Oc1cc3ccccc3cc1-2. The summed E-state index contributed by atoms with van der Waals surface area (Å²) in [6, 6.07) is 13.2. The third-order valence-corrected chi connectivity index (χ3v) is 8.66. The molecule has 0 aliphatic carbocycles. The summed E-state index contributed by atoms with van der Waals surface area (Å²) >= 11 is 0. The fraction of sp³-hybridized carbons (Fsp3) is 0.355. The van der Waals surface area contributed by atoms with E-state index in [1.807, 2.05) is 36.4 Å². The smallest absolute Gasteiger partial charge is 0.256 e. The Balaban J connectivity index is 1.39. The number of halogens is 1. The second kappa shape index (κ2) is 9.60. The van der Waals surface area contributed by atoms with Gasteiger partial charge >= 0.3 is 0 Å². The summed E-state index contributed by atoms with van der Waals surface area (Å²) in [5, 5.41) is 15.5. The lowest BCUT2D eigenvalue weighted by Crippen LogP contribution is -2.34. The maximum atomic E-state index is 15.8. The fourth-order valence-electron chi connectivity index (χ4n) is 6.52. The molecule has 2 fully saturated rings. The number of hydrogen-bond acceptors (Lipinski definition) is 6. The molecule has 8 nitrogen and oxygen atoms in total. The molecule has 3 aliphatic rings. The molecular formula is C31H31FN4O4. The zero-order valence-electron chi connectivity index (χ0n) is 22.3. The number of hydrogen-bond donors (Lipinski definition) is 2. The highest BCUT2D eigenvalue weighted by Crippen LogP contribution is 2.48. The number of aliphatic hydroxyl groups is 1. The fourth-order valence-corrected chi connectivity index (χ4v) is 6.52. The molecule has 3 aromatic carbocycles. The summed E-state index contributed by atoms with van der Waals surface area (Å²) in [5.41, 5.74) is 0.558. The second-order valence-electron chi connectivity index (χ2n) is 11.1. The number of fused-ring (bicyclic) bond motifs is 3. The van der Waals surface area contributed by atoms with Gasteiger partial charge in [0.25, 0.3) is 5.91 Å². The van der Waals surface area contributed by atoms with Gasteiger partial charge < -0.3 is 29.5 Å². The number of nitrogens with zero attached hydrogens (tertiary/aromatic N) is 3. The summed E-state index contributed by atoms with van der Waals surface area (Å²) < 4.78 is 23.9. The van der Waals surface area contributed by atoms with Crippen LogP contribution in [0.15, 0.2) is 53.5 Å². The van der Waals surface area contributed by atoms with Crippen molar-refractivity contribution < 1.29 is 19.0 Å². The van der Waals surface area contributed by atoms with Crippen LogP contribution in [0.2, 0.25) is 0 Å². The molecule has 3 aliphatic heterocycles. The lowest BCUT2D eigenvalue weighted by molar-refractivity contribution is 0.0949. The zero-order chi connectivity index (χ0) is 27.5. The van der Waals surface area contributed by atoms with Crippen molar-refractivity contribution in [3.8, 4) is 17.2 Å². The third kappa shape index (κ3) is 3.95. The Morgan fingerprint density at radius 3 is 2.62 bits per heavy atom. The second-order valence-corrected chi connectivity index (χ2v) is 11.1. The lowest BCUT2D eigenvalue weighted by Gasteiger charge is -2.30. The minimum atomic E-state index is -0.853. The van der Waals surface area contributed by atoms with Gasteiger partial charge in [-0.05, 0) is 74.7 Å². The number of benzene rings is 3. The lowest BCUT2D eigenvalue weighted by atomic mass is 10.0. The van der Waals surface area contributed by atoms with Crippen molar-refractivity contribution >= 4 is 33.3 Å². The predicted molar refractivity (Wildman–Crippen MR) is 152 cm³/mol. The Kier molecular flexibility index (Phi) is 6.01. The van der Waals surface area contributed by atoms with E-state index in [1.165, 1.54) is 6.07 Å². The van der Waals surface area contributed by atoms with Crippen LogP contribution in [0, 0.1) is 5.82 Å². The summed E-state index contributed by atoms with van der Waals surface area (Å²) in [5.74, 6) is -0.497. The molecule has 4 aromatic rings. The van der Waals surface area contributed by atoms with E-state index in [4.69, 9.17) is 4.74 Å². The molecule has 0 saturated carbocycles. The average molecular weight is 543 g/mol. The molecule has 1 aromatic heterocycles. The van der Waals surface area contributed by atoms with Crippen LogP contribution in [0.25, 0.3) is 27.4 Å². The van der Waals surface area contributed by atoms with Crippen LogP contribution in [-0.4, -0.2) is 59.4 Å². The van der Waals surface area contributed by atoms with Crippen LogP contribution in [0.3, 0.4) is 0 Å². The Hall–Kier alpha value is -3.95. The van der Waals surface area contributed by atoms with E-state index in [0.717, 1.165) is 36.6 Å². The van der Waals surface area contributed by atoms with Crippen LogP contribution in [-0.2, 0) is 0 Å². The van der Waals surface area contributed by atoms with Crippen LogP contribution < -0.4 is 20.4 Å². The highest BCUT2D eigenvalue weighted by Gasteiger charge is 2.34. The van der Waals surface area contributed by atoms with E-state index in [2.05, 4.69) is 17.3 Å². The number of likely N-dealkylation sites (tertiary alicyclic amines) is 1. The van der Waals surface area contributed by atoms with Crippen molar-refractivity contribution in [1.29, 1.82) is 0 Å². The molecular weight excluding hydrogens is 511 g/mol. The molecule has 0 spiro atoms. The maximum Gasteiger partial charge on any atom is 0.256 e. The van der Waals surface area contributed by atoms with E-state index in [0.29, 0.717) is 48.9 Å². The van der Waals surface area contributed by atoms with Crippen molar-refractivity contribution in [2.75, 3.05) is 31.6 Å². The highest BCUT2D eigenvalue weighted by atomic mass is 19.1. The summed E-state index contributed by atoms with van der Waals surface area (Å²) in [6.45, 7) is 1.96. The monoisotopic (exact) mass is 542 g/mol. The molecule has 2 saturated heterocycles. The van der Waals surface area contributed by atoms with Gasteiger partial charge in [0.05, 0.1) is 11.1 Å². The standard InChI is InChI=1S/C31H31FN4O4/c1-34-12-4-8-20(34)10-11-33-31(39)22-17-36-24-14-18-6-2-3-7-19(18)15-25(24)40-30-27(36)21(29(22)38)16-23(32)28(30)35-13-5-9-26(35)37/h2-3,6-7,14-17,20,26,37H,4-5,8-13H2,1H3,(H,33,39). The molecule has 9 heteroatoms. The minimum absolute atomic E-state index is 0.0485. The molecule has 0 bridgehead atoms. The molecule has 2 atom stereocenters. The Bertz CT molecular complexity index is 1730. The van der Waals surface area contributed by atoms with E-state index < -0.39 is 23.4 Å². The number of pyridine rings is 1. The van der Waals surface area contributed by atoms with Gasteiger partial charge in [0, 0.05) is 25.3 Å². The van der Waals surface area contributed by atoms with E-state index in [-0.39, 0.29) is 22.4 Å². The number of aromatic nitrogens is 1. The maximum absolute atomic E-state index is 15.8. The molecule has 1 amide bonds. The first-order chi connectivity index (χ1) is 19.4. The molecule has 40 heavy (non-hydrogen) atoms. The number of ether oxygens (including phenoxy) is 1. The molecule has 7 rings (SSSR count). The van der Waals surface area contributed by atoms with E-state index in [9.17, 15) is 14.7 Å². The largest absolute Gasteiger partial charge is 0.451 e. The first-order valence-electron chi connectivity index (χ1n) is 14.0. The highest BCUT2D eigenvalue weighted by molar-refractivity contribution is 6.02. The van der Waals surface area contributed by atoms with Gasteiger partial charge in [-0.2, -0.15) is 0 Å². The number of anilines is 1. The first kappa shape index (κ1) is 25.0. The summed E-state index contributed by atoms with van der Waals surface area (Å²) in [6.07, 6.45) is 4.95. The predicted octanol–water partition coefficient (Wildman–Crippen LogP) is 4.52. The Morgan fingerprint density at radius 2 is 1.90 bits per heavy atom. The van der Waals surface area contributed by atoms with Crippen molar-refractivity contribution in [2.45, 2.75) is 44.4 Å². The van der Waals surface area contributed by atoms with Crippen LogP contribution in [0.5, 0.6) is 11.5 Å². The molecule has 2 N–H and O–H groups in total.